The van der Waals surface area contributed by atoms with Crippen LogP contribution in [-0.4, -0.2) is 12.5 Å². The number of rotatable bonds is 4. The van der Waals surface area contributed by atoms with E-state index in [2.05, 4.69) is 17.4 Å². The van der Waals surface area contributed by atoms with Crippen LogP contribution in [0.3, 0.4) is 0 Å². The van der Waals surface area contributed by atoms with Gasteiger partial charge < -0.3 is 10.1 Å². The van der Waals surface area contributed by atoms with Crippen molar-refractivity contribution in [1.82, 2.24) is 0 Å². The number of nitrogens with one attached hydrogen (secondary N) is 1. The average Bonchev–Trinajstić information content (AvgIpc) is 3.08. The summed E-state index contributed by atoms with van der Waals surface area (Å²) in [5.41, 5.74) is 3.57. The van der Waals surface area contributed by atoms with Gasteiger partial charge in [0.1, 0.15) is 5.75 Å². The van der Waals surface area contributed by atoms with Crippen molar-refractivity contribution >= 4 is 22.4 Å². The van der Waals surface area contributed by atoms with Crippen molar-refractivity contribution in [3.63, 3.8) is 0 Å². The van der Waals surface area contributed by atoms with E-state index in [-0.39, 0.29) is 12.5 Å². The third-order valence-corrected chi connectivity index (χ3v) is 4.50. The number of hydrogen-bond acceptors (Lipinski definition) is 2. The molecule has 120 valence electrons. The smallest absolute Gasteiger partial charge is 0.262 e. The maximum Gasteiger partial charge on any atom is 0.262 e. The maximum atomic E-state index is 12.2. The van der Waals surface area contributed by atoms with Gasteiger partial charge in [-0.25, -0.2) is 0 Å². The number of hydrogen-bond donors (Lipinski definition) is 1. The molecule has 1 amide bonds. The molecule has 0 heterocycles. The Kier molecular flexibility index (Phi) is 3.91. The fourth-order valence-corrected chi connectivity index (χ4v) is 3.31. The summed E-state index contributed by atoms with van der Waals surface area (Å²) < 4.78 is 5.67. The summed E-state index contributed by atoms with van der Waals surface area (Å²) in [5, 5.41) is 5.08. The first-order valence-electron chi connectivity index (χ1n) is 8.32. The molecule has 0 spiro atoms. The Morgan fingerprint density at radius 1 is 0.958 bits per heavy atom. The maximum absolute atomic E-state index is 12.2. The fourth-order valence-electron chi connectivity index (χ4n) is 3.31. The van der Waals surface area contributed by atoms with Crippen LogP contribution in [0.4, 0.5) is 5.69 Å². The highest BCUT2D eigenvalue weighted by molar-refractivity contribution is 6.02. The van der Waals surface area contributed by atoms with Gasteiger partial charge in [0.2, 0.25) is 0 Å². The molecule has 4 rings (SSSR count). The van der Waals surface area contributed by atoms with Crippen molar-refractivity contribution in [3.05, 3.63) is 71.8 Å². The largest absolute Gasteiger partial charge is 0.484 e. The van der Waals surface area contributed by atoms with Crippen molar-refractivity contribution in [2.45, 2.75) is 19.3 Å². The van der Waals surface area contributed by atoms with Gasteiger partial charge in [0.15, 0.2) is 6.61 Å². The van der Waals surface area contributed by atoms with E-state index in [1.54, 1.807) is 0 Å². The second kappa shape index (κ2) is 6.36. The van der Waals surface area contributed by atoms with Crippen LogP contribution in [0.15, 0.2) is 60.7 Å². The Labute approximate surface area is 141 Å². The van der Waals surface area contributed by atoms with Gasteiger partial charge in [-0.15, -0.1) is 0 Å². The third kappa shape index (κ3) is 2.98. The minimum absolute atomic E-state index is 0.0159. The molecule has 0 fully saturated rings. The van der Waals surface area contributed by atoms with Crippen LogP contribution in [0.5, 0.6) is 5.75 Å². The second-order valence-corrected chi connectivity index (χ2v) is 6.15. The predicted octanol–water partition coefficient (Wildman–Crippen LogP) is 4.35. The standard InChI is InChI=1S/C21H19NO2/c23-21(14-24-18-12-11-15-6-3-8-17(15)13-18)22-20-10-4-7-16-5-1-2-9-19(16)20/h1-2,4-5,7,9-13H,3,6,8,14H2,(H,22,23). The quantitative estimate of drug-likeness (QED) is 0.777. The van der Waals surface area contributed by atoms with Crippen molar-refractivity contribution in [1.29, 1.82) is 0 Å². The number of carbonyl (C=O) groups is 1. The number of benzene rings is 3. The number of anilines is 1. The molecule has 24 heavy (non-hydrogen) atoms. The predicted molar refractivity (Wildman–Crippen MR) is 96.5 cm³/mol. The van der Waals surface area contributed by atoms with Crippen LogP contribution in [0.25, 0.3) is 10.8 Å². The van der Waals surface area contributed by atoms with Gasteiger partial charge in [-0.2, -0.15) is 0 Å². The molecule has 0 atom stereocenters. The minimum atomic E-state index is -0.146. The molecule has 1 aliphatic carbocycles. The summed E-state index contributed by atoms with van der Waals surface area (Å²) in [6.07, 6.45) is 3.46. The Hall–Kier alpha value is -2.81. The van der Waals surface area contributed by atoms with Crippen LogP contribution in [0.2, 0.25) is 0 Å². The molecular formula is C21H19NO2. The molecule has 3 nitrogen and oxygen atoms in total. The number of fused-ring (bicyclic) bond motifs is 2. The molecule has 0 unspecified atom stereocenters. The van der Waals surface area contributed by atoms with E-state index in [4.69, 9.17) is 4.74 Å². The topological polar surface area (TPSA) is 38.3 Å². The third-order valence-electron chi connectivity index (χ3n) is 4.50. The van der Waals surface area contributed by atoms with E-state index < -0.39 is 0 Å². The highest BCUT2D eigenvalue weighted by atomic mass is 16.5. The Morgan fingerprint density at radius 3 is 2.75 bits per heavy atom. The van der Waals surface area contributed by atoms with Gasteiger partial charge in [-0.1, -0.05) is 42.5 Å². The van der Waals surface area contributed by atoms with Crippen LogP contribution in [0, 0.1) is 0 Å². The lowest BCUT2D eigenvalue weighted by Gasteiger charge is -2.10. The van der Waals surface area contributed by atoms with Gasteiger partial charge >= 0.3 is 0 Å². The molecule has 3 aromatic carbocycles. The zero-order valence-corrected chi connectivity index (χ0v) is 13.4. The van der Waals surface area contributed by atoms with E-state index in [1.807, 2.05) is 48.5 Å². The molecule has 0 radical (unpaired) electrons. The molecule has 0 saturated carbocycles. The molecule has 0 aliphatic heterocycles. The molecule has 3 heteroatoms. The summed E-state index contributed by atoms with van der Waals surface area (Å²) in [7, 11) is 0. The van der Waals surface area contributed by atoms with E-state index >= 15 is 0 Å². The summed E-state index contributed by atoms with van der Waals surface area (Å²) in [4.78, 5) is 12.2. The lowest BCUT2D eigenvalue weighted by atomic mass is 10.1. The number of ether oxygens (including phenoxy) is 1. The molecule has 0 aromatic heterocycles. The van der Waals surface area contributed by atoms with Crippen LogP contribution in [0.1, 0.15) is 17.5 Å². The Morgan fingerprint density at radius 2 is 1.79 bits per heavy atom. The highest BCUT2D eigenvalue weighted by Crippen LogP contribution is 2.26. The average molecular weight is 317 g/mol. The summed E-state index contributed by atoms with van der Waals surface area (Å²) in [6, 6.07) is 20.0. The summed E-state index contributed by atoms with van der Waals surface area (Å²) in [5.74, 6) is 0.621. The normalized spacial score (nSPS) is 12.8. The molecule has 1 aliphatic rings. The number of amides is 1. The molecule has 0 saturated heterocycles. The van der Waals surface area contributed by atoms with Crippen molar-refractivity contribution in [3.8, 4) is 5.75 Å². The summed E-state index contributed by atoms with van der Waals surface area (Å²) in [6.45, 7) is 0.0159. The first-order chi connectivity index (χ1) is 11.8. The van der Waals surface area contributed by atoms with Crippen molar-refractivity contribution in [2.75, 3.05) is 11.9 Å². The van der Waals surface area contributed by atoms with Gasteiger partial charge in [0.05, 0.1) is 0 Å². The molecule has 0 bridgehead atoms. The van der Waals surface area contributed by atoms with E-state index in [0.717, 1.165) is 35.1 Å². The lowest BCUT2D eigenvalue weighted by Crippen LogP contribution is -2.20. The first-order valence-corrected chi connectivity index (χ1v) is 8.32. The van der Waals surface area contributed by atoms with Crippen molar-refractivity contribution < 1.29 is 9.53 Å². The van der Waals surface area contributed by atoms with Gasteiger partial charge in [-0.05, 0) is 54.0 Å². The van der Waals surface area contributed by atoms with Crippen molar-refractivity contribution in [2.24, 2.45) is 0 Å². The van der Waals surface area contributed by atoms with E-state index in [1.165, 1.54) is 17.5 Å². The minimum Gasteiger partial charge on any atom is -0.484 e. The second-order valence-electron chi connectivity index (χ2n) is 6.15. The first kappa shape index (κ1) is 14.8. The van der Waals surface area contributed by atoms with Crippen LogP contribution in [-0.2, 0) is 17.6 Å². The van der Waals surface area contributed by atoms with E-state index in [0.29, 0.717) is 0 Å². The van der Waals surface area contributed by atoms with Gasteiger partial charge in [0, 0.05) is 11.1 Å². The van der Waals surface area contributed by atoms with Gasteiger partial charge in [0.25, 0.3) is 5.91 Å². The fraction of sp³-hybridized carbons (Fsp3) is 0.190. The highest BCUT2D eigenvalue weighted by Gasteiger charge is 2.12. The van der Waals surface area contributed by atoms with Crippen LogP contribution >= 0.6 is 0 Å². The van der Waals surface area contributed by atoms with Gasteiger partial charge in [-0.3, -0.25) is 4.79 Å². The lowest BCUT2D eigenvalue weighted by molar-refractivity contribution is -0.118. The Balaban J connectivity index is 1.43. The molecule has 1 N–H and O–H groups in total. The zero-order chi connectivity index (χ0) is 16.4. The number of aryl methyl sites for hydroxylation is 2. The zero-order valence-electron chi connectivity index (χ0n) is 13.4. The van der Waals surface area contributed by atoms with Crippen LogP contribution < -0.4 is 10.1 Å². The molecule has 3 aromatic rings. The molecular weight excluding hydrogens is 298 g/mol. The van der Waals surface area contributed by atoms with E-state index in [9.17, 15) is 4.79 Å². The SMILES string of the molecule is O=C(COc1ccc2c(c1)CCC2)Nc1cccc2ccccc12. The Bertz CT molecular complexity index is 896. The number of carbonyl (C=O) groups excluding carboxylic acids is 1. The summed E-state index contributed by atoms with van der Waals surface area (Å²) >= 11 is 0. The monoisotopic (exact) mass is 317 g/mol.